The molecule has 1 N–H and O–H groups in total. The average Bonchev–Trinajstić information content (AvgIpc) is 2.25. The number of rotatable bonds is 2. The Labute approximate surface area is 99.4 Å². The highest BCUT2D eigenvalue weighted by Gasteiger charge is 2.30. The van der Waals surface area contributed by atoms with Gasteiger partial charge in [0.25, 0.3) is 0 Å². The number of nitrogens with zero attached hydrogens (tertiary/aromatic N) is 1. The lowest BCUT2D eigenvalue weighted by Crippen LogP contribution is -2.47. The van der Waals surface area contributed by atoms with Crippen LogP contribution in [0.5, 0.6) is 0 Å². The Bertz CT molecular complexity index is 260. The molecular weight excluding hydrogens is 233 g/mol. The Morgan fingerprint density at radius 3 is 2.29 bits per heavy atom. The molecule has 1 saturated carbocycles. The summed E-state index contributed by atoms with van der Waals surface area (Å²) >= 11 is 0. The Balaban J connectivity index is 2.36. The number of nitrogens with one attached hydrogen (secondary N) is 1. The topological polar surface area (TPSA) is 32.3 Å². The van der Waals surface area contributed by atoms with Gasteiger partial charge in [-0.05, 0) is 31.6 Å². The zero-order valence-corrected chi connectivity index (χ0v) is 10.2. The summed E-state index contributed by atoms with van der Waals surface area (Å²) in [7, 11) is 1.56. The minimum Gasteiger partial charge on any atom is -0.329 e. The third-order valence-electron chi connectivity index (χ3n) is 3.29. The van der Waals surface area contributed by atoms with Crippen LogP contribution in [0.25, 0.3) is 0 Å². The van der Waals surface area contributed by atoms with Crippen molar-refractivity contribution in [3.05, 3.63) is 0 Å². The van der Waals surface area contributed by atoms with Crippen LogP contribution >= 0.6 is 0 Å². The van der Waals surface area contributed by atoms with Gasteiger partial charge < -0.3 is 10.2 Å². The molecule has 0 spiro atoms. The van der Waals surface area contributed by atoms with Gasteiger partial charge in [0.05, 0.1) is 0 Å². The Kier molecular flexibility index (Phi) is 4.65. The van der Waals surface area contributed by atoms with Crippen LogP contribution in [-0.2, 0) is 0 Å². The van der Waals surface area contributed by atoms with Crippen LogP contribution in [0.4, 0.5) is 18.0 Å². The van der Waals surface area contributed by atoms with E-state index in [-0.39, 0.29) is 6.04 Å². The van der Waals surface area contributed by atoms with Crippen LogP contribution < -0.4 is 5.32 Å². The number of amides is 2. The molecule has 17 heavy (non-hydrogen) atoms. The maximum atomic E-state index is 11.9. The second-order valence-electron chi connectivity index (χ2n) is 4.80. The van der Waals surface area contributed by atoms with Crippen molar-refractivity contribution in [1.29, 1.82) is 0 Å². The molecule has 3 nitrogen and oxygen atoms in total. The smallest absolute Gasteiger partial charge is 0.329 e. The van der Waals surface area contributed by atoms with Gasteiger partial charge in [0, 0.05) is 13.1 Å². The first-order valence-corrected chi connectivity index (χ1v) is 5.87. The largest absolute Gasteiger partial charge is 0.405 e. The lowest BCUT2D eigenvalue weighted by molar-refractivity contribution is -0.123. The molecule has 0 heterocycles. The van der Waals surface area contributed by atoms with Gasteiger partial charge in [-0.2, -0.15) is 13.2 Å². The first-order chi connectivity index (χ1) is 7.79. The molecule has 0 bridgehead atoms. The van der Waals surface area contributed by atoms with Gasteiger partial charge >= 0.3 is 12.2 Å². The number of halogens is 3. The molecule has 0 aromatic rings. The van der Waals surface area contributed by atoms with E-state index in [1.165, 1.54) is 4.90 Å². The summed E-state index contributed by atoms with van der Waals surface area (Å²) < 4.78 is 35.8. The standard InChI is InChI=1S/C11H19F3N2O/c1-8-3-5-9(6-4-8)16(2)10(17)15-7-11(12,13)14/h8-9H,3-7H2,1-2H3,(H,15,17). The Morgan fingerprint density at radius 2 is 1.82 bits per heavy atom. The van der Waals surface area contributed by atoms with E-state index in [9.17, 15) is 18.0 Å². The van der Waals surface area contributed by atoms with E-state index in [2.05, 4.69) is 6.92 Å². The van der Waals surface area contributed by atoms with Crippen molar-refractivity contribution < 1.29 is 18.0 Å². The molecule has 1 aliphatic carbocycles. The molecule has 2 amide bonds. The summed E-state index contributed by atoms with van der Waals surface area (Å²) in [5.74, 6) is 0.651. The maximum absolute atomic E-state index is 11.9. The fourth-order valence-electron chi connectivity index (χ4n) is 2.10. The molecule has 1 rings (SSSR count). The zero-order valence-electron chi connectivity index (χ0n) is 10.2. The molecule has 1 aliphatic rings. The number of hydrogen-bond acceptors (Lipinski definition) is 1. The van der Waals surface area contributed by atoms with E-state index >= 15 is 0 Å². The Hall–Kier alpha value is -0.940. The van der Waals surface area contributed by atoms with E-state index in [0.717, 1.165) is 25.7 Å². The summed E-state index contributed by atoms with van der Waals surface area (Å²) in [6.07, 6.45) is -0.547. The lowest BCUT2D eigenvalue weighted by atomic mass is 9.87. The van der Waals surface area contributed by atoms with Gasteiger partial charge in [0.1, 0.15) is 6.54 Å². The molecule has 0 unspecified atom stereocenters. The minimum atomic E-state index is -4.35. The predicted octanol–water partition coefficient (Wildman–Crippen LogP) is 2.77. The summed E-state index contributed by atoms with van der Waals surface area (Å²) in [6, 6.07) is -0.568. The molecular formula is C11H19F3N2O. The van der Waals surface area contributed by atoms with Crippen molar-refractivity contribution in [3.63, 3.8) is 0 Å². The number of carbonyl (C=O) groups is 1. The van der Waals surface area contributed by atoms with E-state index < -0.39 is 18.8 Å². The number of hydrogen-bond donors (Lipinski definition) is 1. The van der Waals surface area contributed by atoms with Gasteiger partial charge in [-0.25, -0.2) is 4.79 Å². The fourth-order valence-corrected chi connectivity index (χ4v) is 2.10. The van der Waals surface area contributed by atoms with Gasteiger partial charge in [0.2, 0.25) is 0 Å². The van der Waals surface area contributed by atoms with Crippen LogP contribution in [0.2, 0.25) is 0 Å². The normalized spacial score (nSPS) is 25.5. The highest BCUT2D eigenvalue weighted by molar-refractivity contribution is 5.74. The molecule has 100 valence electrons. The van der Waals surface area contributed by atoms with Crippen molar-refractivity contribution in [2.24, 2.45) is 5.92 Å². The monoisotopic (exact) mass is 252 g/mol. The second kappa shape index (κ2) is 5.60. The van der Waals surface area contributed by atoms with Crippen molar-refractivity contribution in [2.45, 2.75) is 44.8 Å². The van der Waals surface area contributed by atoms with Gasteiger partial charge in [-0.3, -0.25) is 0 Å². The van der Waals surface area contributed by atoms with Crippen LogP contribution in [-0.4, -0.2) is 36.7 Å². The molecule has 0 saturated heterocycles. The molecule has 0 aliphatic heterocycles. The molecule has 1 fully saturated rings. The predicted molar refractivity (Wildman–Crippen MR) is 58.6 cm³/mol. The van der Waals surface area contributed by atoms with Gasteiger partial charge in [-0.1, -0.05) is 6.92 Å². The second-order valence-corrected chi connectivity index (χ2v) is 4.80. The SMILES string of the molecule is CC1CCC(N(C)C(=O)NCC(F)(F)F)CC1. The minimum absolute atomic E-state index is 0.0689. The number of urea groups is 1. The first kappa shape index (κ1) is 14.1. The van der Waals surface area contributed by atoms with Crippen LogP contribution in [0.3, 0.4) is 0 Å². The zero-order chi connectivity index (χ0) is 13.1. The summed E-state index contributed by atoms with van der Waals surface area (Å²) in [5, 5.41) is 1.89. The van der Waals surface area contributed by atoms with E-state index in [4.69, 9.17) is 0 Å². The quantitative estimate of drug-likeness (QED) is 0.805. The third kappa shape index (κ3) is 4.83. The van der Waals surface area contributed by atoms with E-state index in [1.807, 2.05) is 5.32 Å². The van der Waals surface area contributed by atoms with E-state index in [0.29, 0.717) is 5.92 Å². The van der Waals surface area contributed by atoms with Crippen molar-refractivity contribution >= 4 is 6.03 Å². The number of carbonyl (C=O) groups excluding carboxylic acids is 1. The first-order valence-electron chi connectivity index (χ1n) is 5.87. The van der Waals surface area contributed by atoms with Crippen molar-refractivity contribution in [1.82, 2.24) is 10.2 Å². The number of alkyl halides is 3. The maximum Gasteiger partial charge on any atom is 0.405 e. The lowest BCUT2D eigenvalue weighted by Gasteiger charge is -2.33. The van der Waals surface area contributed by atoms with Crippen LogP contribution in [0.1, 0.15) is 32.6 Å². The highest BCUT2D eigenvalue weighted by Crippen LogP contribution is 2.26. The summed E-state index contributed by atoms with van der Waals surface area (Å²) in [6.45, 7) is 0.888. The van der Waals surface area contributed by atoms with Gasteiger partial charge in [0.15, 0.2) is 0 Å². The molecule has 0 aromatic carbocycles. The fraction of sp³-hybridized carbons (Fsp3) is 0.909. The highest BCUT2D eigenvalue weighted by atomic mass is 19.4. The molecule has 6 heteroatoms. The molecule has 0 atom stereocenters. The summed E-state index contributed by atoms with van der Waals surface area (Å²) in [4.78, 5) is 12.9. The van der Waals surface area contributed by atoms with Gasteiger partial charge in [-0.15, -0.1) is 0 Å². The Morgan fingerprint density at radius 1 is 1.29 bits per heavy atom. The summed E-state index contributed by atoms with van der Waals surface area (Å²) in [5.41, 5.74) is 0. The van der Waals surface area contributed by atoms with Crippen LogP contribution in [0.15, 0.2) is 0 Å². The molecule has 0 aromatic heterocycles. The third-order valence-corrected chi connectivity index (χ3v) is 3.29. The van der Waals surface area contributed by atoms with Crippen LogP contribution in [0, 0.1) is 5.92 Å². The van der Waals surface area contributed by atoms with E-state index in [1.54, 1.807) is 7.05 Å². The van der Waals surface area contributed by atoms with Crippen molar-refractivity contribution in [2.75, 3.05) is 13.6 Å². The molecule has 0 radical (unpaired) electrons. The average molecular weight is 252 g/mol. The van der Waals surface area contributed by atoms with Crippen molar-refractivity contribution in [3.8, 4) is 0 Å².